The zero-order valence-electron chi connectivity index (χ0n) is 15.9. The first-order chi connectivity index (χ1) is 11.8. The highest BCUT2D eigenvalue weighted by Gasteiger charge is 2.34. The molecule has 1 fully saturated rings. The standard InChI is InChI=1S/C20H32N2O3/c1-15(21-18(10-11-23)17-8-6-5-7-9-17)12-16-13-22(14-16)19(24)25-20(2,3)4/h5-9,15-16,18,21,23H,10-14H2,1-4H3/t15?,18-/m1/s1. The molecule has 0 radical (unpaired) electrons. The van der Waals surface area contributed by atoms with Crippen molar-refractivity contribution in [1.82, 2.24) is 10.2 Å². The van der Waals surface area contributed by atoms with E-state index in [9.17, 15) is 9.90 Å². The van der Waals surface area contributed by atoms with Crippen LogP contribution >= 0.6 is 0 Å². The number of likely N-dealkylation sites (tertiary alicyclic amines) is 1. The summed E-state index contributed by atoms with van der Waals surface area (Å²) in [5, 5.41) is 13.0. The molecule has 1 heterocycles. The topological polar surface area (TPSA) is 61.8 Å². The highest BCUT2D eigenvalue weighted by atomic mass is 16.6. The molecule has 1 aliphatic rings. The van der Waals surface area contributed by atoms with E-state index < -0.39 is 5.60 Å². The van der Waals surface area contributed by atoms with Crippen molar-refractivity contribution in [2.75, 3.05) is 19.7 Å². The Bertz CT molecular complexity index is 536. The van der Waals surface area contributed by atoms with Gasteiger partial charge in [0.1, 0.15) is 5.60 Å². The summed E-state index contributed by atoms with van der Waals surface area (Å²) in [6, 6.07) is 10.7. The Morgan fingerprint density at radius 1 is 1.32 bits per heavy atom. The van der Waals surface area contributed by atoms with Crippen molar-refractivity contribution < 1.29 is 14.6 Å². The number of aliphatic hydroxyl groups is 1. The summed E-state index contributed by atoms with van der Waals surface area (Å²) in [5.41, 5.74) is 0.761. The smallest absolute Gasteiger partial charge is 0.410 e. The van der Waals surface area contributed by atoms with E-state index in [-0.39, 0.29) is 18.7 Å². The Morgan fingerprint density at radius 3 is 2.52 bits per heavy atom. The van der Waals surface area contributed by atoms with Crippen molar-refractivity contribution in [1.29, 1.82) is 0 Å². The molecule has 140 valence electrons. The van der Waals surface area contributed by atoms with Crippen molar-refractivity contribution >= 4 is 6.09 Å². The Kier molecular flexibility index (Phi) is 6.85. The number of aliphatic hydroxyl groups excluding tert-OH is 1. The predicted octanol–water partition coefficient (Wildman–Crippen LogP) is 3.35. The minimum absolute atomic E-state index is 0.156. The van der Waals surface area contributed by atoms with E-state index in [0.29, 0.717) is 18.4 Å². The van der Waals surface area contributed by atoms with Crippen LogP contribution in [0.15, 0.2) is 30.3 Å². The first-order valence-electron chi connectivity index (χ1n) is 9.18. The number of hydrogen-bond donors (Lipinski definition) is 2. The highest BCUT2D eigenvalue weighted by molar-refractivity contribution is 5.69. The number of benzene rings is 1. The first-order valence-corrected chi connectivity index (χ1v) is 9.18. The Morgan fingerprint density at radius 2 is 1.96 bits per heavy atom. The van der Waals surface area contributed by atoms with Gasteiger partial charge in [-0.3, -0.25) is 0 Å². The number of hydrogen-bond acceptors (Lipinski definition) is 4. The molecule has 1 aromatic carbocycles. The molecule has 5 heteroatoms. The number of ether oxygens (including phenoxy) is 1. The quantitative estimate of drug-likeness (QED) is 0.793. The van der Waals surface area contributed by atoms with Crippen molar-refractivity contribution in [3.05, 3.63) is 35.9 Å². The average molecular weight is 348 g/mol. The summed E-state index contributed by atoms with van der Waals surface area (Å²) in [6.45, 7) is 9.52. The van der Waals surface area contributed by atoms with Gasteiger partial charge in [-0.25, -0.2) is 4.79 Å². The molecule has 5 nitrogen and oxygen atoms in total. The maximum Gasteiger partial charge on any atom is 0.410 e. The van der Waals surface area contributed by atoms with Gasteiger partial charge in [0, 0.05) is 31.8 Å². The molecular formula is C20H32N2O3. The second-order valence-electron chi connectivity index (χ2n) is 8.03. The van der Waals surface area contributed by atoms with Crippen LogP contribution in [-0.4, -0.2) is 47.4 Å². The number of amides is 1. The zero-order chi connectivity index (χ0) is 18.4. The maximum absolute atomic E-state index is 12.0. The van der Waals surface area contributed by atoms with Gasteiger partial charge in [0.15, 0.2) is 0 Å². The van der Waals surface area contributed by atoms with Crippen molar-refractivity contribution in [2.45, 2.75) is 58.2 Å². The minimum Gasteiger partial charge on any atom is -0.444 e. The van der Waals surface area contributed by atoms with Gasteiger partial charge in [-0.15, -0.1) is 0 Å². The fourth-order valence-corrected chi connectivity index (χ4v) is 3.27. The van der Waals surface area contributed by atoms with Gasteiger partial charge >= 0.3 is 6.09 Å². The van der Waals surface area contributed by atoms with Crippen LogP contribution in [0.2, 0.25) is 0 Å². The van der Waals surface area contributed by atoms with Gasteiger partial charge in [-0.1, -0.05) is 30.3 Å². The van der Waals surface area contributed by atoms with E-state index in [1.807, 2.05) is 39.0 Å². The largest absolute Gasteiger partial charge is 0.444 e. The third-order valence-electron chi connectivity index (χ3n) is 4.40. The molecule has 1 unspecified atom stereocenters. The molecule has 2 rings (SSSR count). The van der Waals surface area contributed by atoms with Crippen LogP contribution in [0.3, 0.4) is 0 Å². The molecule has 0 aromatic heterocycles. The normalized spacial score (nSPS) is 17.7. The summed E-state index contributed by atoms with van der Waals surface area (Å²) in [6.07, 6.45) is 1.49. The molecule has 1 saturated heterocycles. The van der Waals surface area contributed by atoms with E-state index in [2.05, 4.69) is 24.4 Å². The van der Waals surface area contributed by atoms with E-state index >= 15 is 0 Å². The van der Waals surface area contributed by atoms with Gasteiger partial charge in [0.2, 0.25) is 0 Å². The molecule has 0 saturated carbocycles. The monoisotopic (exact) mass is 348 g/mol. The summed E-state index contributed by atoms with van der Waals surface area (Å²) < 4.78 is 5.39. The van der Waals surface area contributed by atoms with Gasteiger partial charge in [0.05, 0.1) is 0 Å². The van der Waals surface area contributed by atoms with E-state index in [4.69, 9.17) is 4.74 Å². The van der Waals surface area contributed by atoms with E-state index in [1.54, 1.807) is 4.90 Å². The van der Waals surface area contributed by atoms with Gasteiger partial charge in [-0.05, 0) is 52.0 Å². The average Bonchev–Trinajstić information content (AvgIpc) is 2.49. The lowest BCUT2D eigenvalue weighted by molar-refractivity contribution is -0.00351. The van der Waals surface area contributed by atoms with Gasteiger partial charge < -0.3 is 20.1 Å². The van der Waals surface area contributed by atoms with Crippen LogP contribution < -0.4 is 5.32 Å². The molecular weight excluding hydrogens is 316 g/mol. The first kappa shape index (κ1) is 19.7. The third-order valence-corrected chi connectivity index (χ3v) is 4.40. The lowest BCUT2D eigenvalue weighted by Gasteiger charge is -2.41. The number of nitrogens with zero attached hydrogens (tertiary/aromatic N) is 1. The molecule has 0 bridgehead atoms. The molecule has 1 aromatic rings. The fraction of sp³-hybridized carbons (Fsp3) is 0.650. The lowest BCUT2D eigenvalue weighted by Crippen LogP contribution is -2.53. The van der Waals surface area contributed by atoms with Crippen molar-refractivity contribution in [3.63, 3.8) is 0 Å². The summed E-state index contributed by atoms with van der Waals surface area (Å²) in [7, 11) is 0. The second-order valence-corrected chi connectivity index (χ2v) is 8.03. The summed E-state index contributed by atoms with van der Waals surface area (Å²) in [4.78, 5) is 13.7. The van der Waals surface area contributed by atoms with Crippen molar-refractivity contribution in [3.8, 4) is 0 Å². The van der Waals surface area contributed by atoms with Crippen molar-refractivity contribution in [2.24, 2.45) is 5.92 Å². The van der Waals surface area contributed by atoms with Crippen LogP contribution in [0.1, 0.15) is 52.1 Å². The van der Waals surface area contributed by atoms with Crippen LogP contribution in [0.4, 0.5) is 4.79 Å². The number of carbonyl (C=O) groups is 1. The Labute approximate surface area is 151 Å². The number of carbonyl (C=O) groups excluding carboxylic acids is 1. The Balaban J connectivity index is 1.77. The van der Waals surface area contributed by atoms with Crippen LogP contribution in [0.5, 0.6) is 0 Å². The molecule has 2 N–H and O–H groups in total. The van der Waals surface area contributed by atoms with Crippen LogP contribution in [0, 0.1) is 5.92 Å². The molecule has 2 atom stereocenters. The number of rotatable bonds is 7. The molecule has 0 aliphatic carbocycles. The second kappa shape index (κ2) is 8.68. The minimum atomic E-state index is -0.440. The fourth-order valence-electron chi connectivity index (χ4n) is 3.27. The van der Waals surface area contributed by atoms with Gasteiger partial charge in [-0.2, -0.15) is 0 Å². The summed E-state index contributed by atoms with van der Waals surface area (Å²) in [5.74, 6) is 0.501. The SMILES string of the molecule is CC(CC1CN(C(=O)OC(C)(C)C)C1)N[C@H](CCO)c1ccccc1. The van der Waals surface area contributed by atoms with Gasteiger partial charge in [0.25, 0.3) is 0 Å². The summed E-state index contributed by atoms with van der Waals surface area (Å²) >= 11 is 0. The third kappa shape index (κ3) is 6.33. The molecule has 0 spiro atoms. The molecule has 25 heavy (non-hydrogen) atoms. The predicted molar refractivity (Wildman–Crippen MR) is 99.4 cm³/mol. The van der Waals surface area contributed by atoms with Crippen LogP contribution in [-0.2, 0) is 4.74 Å². The maximum atomic E-state index is 12.0. The molecule has 1 amide bonds. The van der Waals surface area contributed by atoms with Crippen LogP contribution in [0.25, 0.3) is 0 Å². The van der Waals surface area contributed by atoms with E-state index in [0.717, 1.165) is 19.5 Å². The highest BCUT2D eigenvalue weighted by Crippen LogP contribution is 2.25. The number of nitrogens with one attached hydrogen (secondary N) is 1. The molecule has 1 aliphatic heterocycles. The lowest BCUT2D eigenvalue weighted by atomic mass is 9.92. The zero-order valence-corrected chi connectivity index (χ0v) is 15.9. The Hall–Kier alpha value is -1.59. The van der Waals surface area contributed by atoms with E-state index in [1.165, 1.54) is 5.56 Å².